The lowest BCUT2D eigenvalue weighted by Crippen LogP contribution is -2.20. The molecule has 0 aliphatic heterocycles. The Kier molecular flexibility index (Phi) is 13.6. The van der Waals surface area contributed by atoms with Gasteiger partial charge in [0, 0.05) is 0 Å². The van der Waals surface area contributed by atoms with Crippen molar-refractivity contribution in [1.82, 2.24) is 5.32 Å². The van der Waals surface area contributed by atoms with Crippen molar-refractivity contribution in [2.45, 2.75) is 20.8 Å². The van der Waals surface area contributed by atoms with E-state index < -0.39 is 5.97 Å². The predicted molar refractivity (Wildman–Crippen MR) is 64.2 cm³/mol. The molecule has 90 valence electrons. The van der Waals surface area contributed by atoms with Crippen molar-refractivity contribution >= 4 is 12.4 Å². The van der Waals surface area contributed by atoms with Crippen molar-refractivity contribution in [3.63, 3.8) is 0 Å². The van der Waals surface area contributed by atoms with Gasteiger partial charge in [0.25, 0.3) is 0 Å². The van der Waals surface area contributed by atoms with Gasteiger partial charge in [0.1, 0.15) is 6.54 Å². The molecule has 4 nitrogen and oxygen atoms in total. The van der Waals surface area contributed by atoms with Gasteiger partial charge < -0.3 is 10.4 Å². The number of carboxylic acid groups (broad SMARTS) is 1. The van der Waals surface area contributed by atoms with Crippen LogP contribution in [0.4, 0.5) is 0 Å². The Bertz CT molecular complexity index is 273. The van der Waals surface area contributed by atoms with E-state index in [1.165, 1.54) is 5.56 Å². The topological polar surface area (TPSA) is 66.4 Å². The molecule has 0 aliphatic carbocycles. The number of nitrogens with one attached hydrogen (secondary N) is 1. The molecular weight excluding hydrogens is 206 g/mol. The summed E-state index contributed by atoms with van der Waals surface area (Å²) in [5.74, 6) is -1.04. The Hall–Kier alpha value is -1.84. The minimum atomic E-state index is -1.04. The first-order valence-electron chi connectivity index (χ1n) is 5.07. The number of hydrogen-bond donors (Lipinski definition) is 2. The van der Waals surface area contributed by atoms with Crippen molar-refractivity contribution in [3.05, 3.63) is 35.9 Å². The van der Waals surface area contributed by atoms with Crippen molar-refractivity contribution in [2.75, 3.05) is 6.54 Å². The Morgan fingerprint density at radius 1 is 1.31 bits per heavy atom. The van der Waals surface area contributed by atoms with Crippen LogP contribution in [0.1, 0.15) is 19.4 Å². The SMILES string of the molecule is CC.Cc1ccccc1.O=CNCC(=O)O. The van der Waals surface area contributed by atoms with E-state index in [0.717, 1.165) is 0 Å². The van der Waals surface area contributed by atoms with Crippen LogP contribution in [0, 0.1) is 6.92 Å². The van der Waals surface area contributed by atoms with Gasteiger partial charge in [-0.15, -0.1) is 0 Å². The number of carboxylic acids is 1. The Labute approximate surface area is 96.3 Å². The summed E-state index contributed by atoms with van der Waals surface area (Å²) in [7, 11) is 0. The van der Waals surface area contributed by atoms with Crippen LogP contribution in [0.2, 0.25) is 0 Å². The maximum absolute atomic E-state index is 9.54. The molecule has 16 heavy (non-hydrogen) atoms. The molecule has 0 aromatic heterocycles. The molecule has 4 heteroatoms. The van der Waals surface area contributed by atoms with E-state index in [1.54, 1.807) is 0 Å². The van der Waals surface area contributed by atoms with Crippen LogP contribution in [0.5, 0.6) is 0 Å². The van der Waals surface area contributed by atoms with Crippen molar-refractivity contribution in [1.29, 1.82) is 0 Å². The van der Waals surface area contributed by atoms with Crippen molar-refractivity contribution in [2.24, 2.45) is 0 Å². The Morgan fingerprint density at radius 3 is 2.00 bits per heavy atom. The fourth-order valence-corrected chi connectivity index (χ4v) is 0.663. The Morgan fingerprint density at radius 2 is 1.81 bits per heavy atom. The van der Waals surface area contributed by atoms with Crippen LogP contribution in [-0.4, -0.2) is 24.0 Å². The first kappa shape index (κ1) is 16.6. The normalized spacial score (nSPS) is 7.44. The molecule has 1 aromatic rings. The predicted octanol–water partition coefficient (Wildman–Crippen LogP) is 1.84. The van der Waals surface area contributed by atoms with Crippen molar-refractivity contribution < 1.29 is 14.7 Å². The van der Waals surface area contributed by atoms with E-state index in [-0.39, 0.29) is 6.54 Å². The average molecular weight is 225 g/mol. The van der Waals surface area contributed by atoms with Crippen LogP contribution < -0.4 is 5.32 Å². The van der Waals surface area contributed by atoms with E-state index in [9.17, 15) is 9.59 Å². The highest BCUT2D eigenvalue weighted by molar-refractivity contribution is 5.71. The zero-order valence-electron chi connectivity index (χ0n) is 9.93. The number of rotatable bonds is 3. The summed E-state index contributed by atoms with van der Waals surface area (Å²) >= 11 is 0. The van der Waals surface area contributed by atoms with Gasteiger partial charge in [-0.3, -0.25) is 9.59 Å². The summed E-state index contributed by atoms with van der Waals surface area (Å²) in [6, 6.07) is 10.3. The van der Waals surface area contributed by atoms with Crippen LogP contribution in [0.15, 0.2) is 30.3 Å². The molecule has 0 heterocycles. The summed E-state index contributed by atoms with van der Waals surface area (Å²) < 4.78 is 0. The third-order valence-corrected chi connectivity index (χ3v) is 1.28. The number of benzene rings is 1. The minimum Gasteiger partial charge on any atom is -0.480 e. The maximum Gasteiger partial charge on any atom is 0.322 e. The largest absolute Gasteiger partial charge is 0.480 e. The molecule has 0 saturated carbocycles. The second-order valence-corrected chi connectivity index (χ2v) is 2.55. The first-order chi connectivity index (χ1) is 7.66. The Balaban J connectivity index is 0. The molecule has 0 bridgehead atoms. The molecule has 0 saturated heterocycles. The fourth-order valence-electron chi connectivity index (χ4n) is 0.663. The maximum atomic E-state index is 9.54. The van der Waals surface area contributed by atoms with E-state index in [0.29, 0.717) is 6.41 Å². The van der Waals surface area contributed by atoms with Gasteiger partial charge in [-0.25, -0.2) is 0 Å². The van der Waals surface area contributed by atoms with Gasteiger partial charge in [-0.1, -0.05) is 49.7 Å². The third kappa shape index (κ3) is 14.7. The molecule has 1 amide bonds. The summed E-state index contributed by atoms with van der Waals surface area (Å²) in [4.78, 5) is 18.9. The standard InChI is InChI=1S/C7H8.C3H5NO3.C2H6/c1-7-5-3-2-4-6-7;5-2-4-1-3(6)7;1-2/h2-6H,1H3;2H,1H2,(H,4,5)(H,6,7);1-2H3. The molecule has 0 unspecified atom stereocenters. The highest BCUT2D eigenvalue weighted by Crippen LogP contribution is 1.92. The second-order valence-electron chi connectivity index (χ2n) is 2.55. The van der Waals surface area contributed by atoms with Crippen LogP contribution in [-0.2, 0) is 9.59 Å². The molecule has 2 N–H and O–H groups in total. The zero-order valence-corrected chi connectivity index (χ0v) is 9.93. The van der Waals surface area contributed by atoms with E-state index in [4.69, 9.17) is 5.11 Å². The lowest BCUT2D eigenvalue weighted by Gasteiger charge is -1.85. The highest BCUT2D eigenvalue weighted by Gasteiger charge is 1.88. The van der Waals surface area contributed by atoms with Gasteiger partial charge in [-0.05, 0) is 6.92 Å². The van der Waals surface area contributed by atoms with E-state index >= 15 is 0 Å². The van der Waals surface area contributed by atoms with Gasteiger partial charge in [0.05, 0.1) is 0 Å². The van der Waals surface area contributed by atoms with Crippen LogP contribution in [0.25, 0.3) is 0 Å². The highest BCUT2D eigenvalue weighted by atomic mass is 16.4. The number of aliphatic carboxylic acids is 1. The molecule has 0 spiro atoms. The summed E-state index contributed by atoms with van der Waals surface area (Å²) in [6.45, 7) is 5.78. The molecule has 1 aromatic carbocycles. The summed E-state index contributed by atoms with van der Waals surface area (Å²) in [6.07, 6.45) is 0.341. The monoisotopic (exact) mass is 225 g/mol. The number of amides is 1. The second kappa shape index (κ2) is 13.2. The fraction of sp³-hybridized carbons (Fsp3) is 0.333. The van der Waals surface area contributed by atoms with Gasteiger partial charge in [-0.2, -0.15) is 0 Å². The average Bonchev–Trinajstić information content (AvgIpc) is 2.31. The first-order valence-corrected chi connectivity index (χ1v) is 5.07. The minimum absolute atomic E-state index is 0.302. The third-order valence-electron chi connectivity index (χ3n) is 1.28. The van der Waals surface area contributed by atoms with E-state index in [2.05, 4.69) is 19.1 Å². The summed E-state index contributed by atoms with van der Waals surface area (Å²) in [5.41, 5.74) is 1.32. The smallest absolute Gasteiger partial charge is 0.322 e. The molecule has 0 radical (unpaired) electrons. The molecule has 0 atom stereocenters. The lowest BCUT2D eigenvalue weighted by atomic mass is 10.2. The van der Waals surface area contributed by atoms with Gasteiger partial charge >= 0.3 is 5.97 Å². The number of hydrogen-bond acceptors (Lipinski definition) is 2. The van der Waals surface area contributed by atoms with Gasteiger partial charge in [0.2, 0.25) is 6.41 Å². The number of carbonyl (C=O) groups excluding carboxylic acids is 1. The zero-order chi connectivity index (χ0) is 12.8. The molecule has 1 rings (SSSR count). The van der Waals surface area contributed by atoms with Crippen LogP contribution in [0.3, 0.4) is 0 Å². The van der Waals surface area contributed by atoms with Gasteiger partial charge in [0.15, 0.2) is 0 Å². The molecule has 0 fully saturated rings. The van der Waals surface area contributed by atoms with E-state index in [1.807, 2.05) is 37.4 Å². The summed E-state index contributed by atoms with van der Waals surface area (Å²) in [5, 5.41) is 9.79. The van der Waals surface area contributed by atoms with Crippen molar-refractivity contribution in [3.8, 4) is 0 Å². The quantitative estimate of drug-likeness (QED) is 0.771. The lowest BCUT2D eigenvalue weighted by molar-refractivity contribution is -0.136. The molecule has 0 aliphatic rings. The van der Waals surface area contributed by atoms with Crippen LogP contribution >= 0.6 is 0 Å². The number of aryl methyl sites for hydroxylation is 1. The molecular formula is C12H19NO3. The number of carbonyl (C=O) groups is 2.